The smallest absolute Gasteiger partial charge is 0.208 e. The molecule has 11 heavy (non-hydrogen) atoms. The Kier molecular flexibility index (Phi) is 2.78. The third-order valence-corrected chi connectivity index (χ3v) is 3.05. The van der Waals surface area contributed by atoms with Gasteiger partial charge in [-0.2, -0.15) is 0 Å². The van der Waals surface area contributed by atoms with E-state index in [-0.39, 0.29) is 11.4 Å². The summed E-state index contributed by atoms with van der Waals surface area (Å²) >= 11 is 5.86. The molecule has 0 bridgehead atoms. The molecule has 0 aromatic rings. The maximum Gasteiger partial charge on any atom is 0.208 e. The van der Waals surface area contributed by atoms with Gasteiger partial charge in [0.15, 0.2) is 0 Å². The molecule has 66 valence electrons. The van der Waals surface area contributed by atoms with Crippen LogP contribution in [-0.4, -0.2) is 26.1 Å². The van der Waals surface area contributed by atoms with E-state index in [0.717, 1.165) is 25.5 Å². The summed E-state index contributed by atoms with van der Waals surface area (Å²) in [6.45, 7) is 0. The van der Waals surface area contributed by atoms with Gasteiger partial charge in [-0.3, -0.25) is 0 Å². The van der Waals surface area contributed by atoms with Gasteiger partial charge in [-0.15, -0.1) is 11.6 Å². The Morgan fingerprint density at radius 2 is 2.09 bits per heavy atom. The van der Waals surface area contributed by atoms with Crippen LogP contribution in [0.2, 0.25) is 0 Å². The number of sulfonamides is 1. The molecule has 0 amide bonds. The highest BCUT2D eigenvalue weighted by molar-refractivity contribution is 7.88. The molecule has 1 aliphatic carbocycles. The lowest BCUT2D eigenvalue weighted by molar-refractivity contribution is 0.559. The highest BCUT2D eigenvalue weighted by Gasteiger charge is 2.27. The minimum Gasteiger partial charge on any atom is -0.213 e. The van der Waals surface area contributed by atoms with Crippen LogP contribution in [0.5, 0.6) is 0 Å². The molecule has 0 aromatic carbocycles. The molecule has 1 saturated carbocycles. The Balaban J connectivity index is 2.50. The number of rotatable bonds is 2. The molecule has 1 N–H and O–H groups in total. The number of hydrogen-bond acceptors (Lipinski definition) is 2. The van der Waals surface area contributed by atoms with Gasteiger partial charge in [-0.1, -0.05) is 6.42 Å². The summed E-state index contributed by atoms with van der Waals surface area (Å²) in [6, 6.07) is -0.0494. The largest absolute Gasteiger partial charge is 0.213 e. The first-order chi connectivity index (χ1) is 4.99. The molecule has 0 radical (unpaired) electrons. The van der Waals surface area contributed by atoms with Crippen LogP contribution in [0.15, 0.2) is 0 Å². The summed E-state index contributed by atoms with van der Waals surface area (Å²) in [5.41, 5.74) is 0. The molecular formula is C6H12ClNO2S. The zero-order chi connectivity index (χ0) is 8.48. The van der Waals surface area contributed by atoms with Crippen LogP contribution in [-0.2, 0) is 10.0 Å². The summed E-state index contributed by atoms with van der Waals surface area (Å²) in [4.78, 5) is 0. The van der Waals surface area contributed by atoms with Crippen molar-refractivity contribution in [2.45, 2.75) is 30.7 Å². The van der Waals surface area contributed by atoms with Crippen molar-refractivity contribution < 1.29 is 8.42 Å². The van der Waals surface area contributed by atoms with Crippen LogP contribution in [0, 0.1) is 0 Å². The fourth-order valence-electron chi connectivity index (χ4n) is 1.32. The molecule has 2 atom stereocenters. The van der Waals surface area contributed by atoms with Gasteiger partial charge in [-0.05, 0) is 12.8 Å². The Morgan fingerprint density at radius 1 is 1.45 bits per heavy atom. The predicted octanol–water partition coefficient (Wildman–Crippen LogP) is 0.695. The Hall–Kier alpha value is 0.200. The van der Waals surface area contributed by atoms with Crippen LogP contribution in [0.25, 0.3) is 0 Å². The molecule has 0 spiro atoms. The molecule has 5 heteroatoms. The molecular weight excluding hydrogens is 186 g/mol. The van der Waals surface area contributed by atoms with Gasteiger partial charge in [0.25, 0.3) is 0 Å². The Labute approximate surface area is 72.2 Å². The maximum atomic E-state index is 10.8. The van der Waals surface area contributed by atoms with Crippen molar-refractivity contribution in [1.82, 2.24) is 4.72 Å². The third-order valence-electron chi connectivity index (χ3n) is 1.80. The molecule has 1 rings (SSSR count). The first-order valence-corrected chi connectivity index (χ1v) is 5.93. The highest BCUT2D eigenvalue weighted by atomic mass is 35.5. The highest BCUT2D eigenvalue weighted by Crippen LogP contribution is 2.24. The Morgan fingerprint density at radius 3 is 2.45 bits per heavy atom. The van der Waals surface area contributed by atoms with Crippen LogP contribution in [0.4, 0.5) is 0 Å². The number of nitrogens with one attached hydrogen (secondary N) is 1. The third kappa shape index (κ3) is 2.97. The van der Waals surface area contributed by atoms with Gasteiger partial charge in [0.1, 0.15) is 0 Å². The van der Waals surface area contributed by atoms with Gasteiger partial charge < -0.3 is 0 Å². The van der Waals surface area contributed by atoms with Crippen molar-refractivity contribution in [3.8, 4) is 0 Å². The SMILES string of the molecule is CS(=O)(=O)NC1CCCC1Cl. The second kappa shape index (κ2) is 3.29. The summed E-state index contributed by atoms with van der Waals surface area (Å²) in [5, 5.41) is -0.0234. The average molecular weight is 198 g/mol. The zero-order valence-corrected chi connectivity index (χ0v) is 7.95. The topological polar surface area (TPSA) is 46.2 Å². The zero-order valence-electron chi connectivity index (χ0n) is 6.38. The molecule has 1 aliphatic rings. The lowest BCUT2D eigenvalue weighted by Gasteiger charge is -2.13. The van der Waals surface area contributed by atoms with Crippen molar-refractivity contribution >= 4 is 21.6 Å². The van der Waals surface area contributed by atoms with Crippen LogP contribution < -0.4 is 4.72 Å². The van der Waals surface area contributed by atoms with Gasteiger partial charge in [0, 0.05) is 11.4 Å². The lowest BCUT2D eigenvalue weighted by Crippen LogP contribution is -2.36. The van der Waals surface area contributed by atoms with Crippen LogP contribution in [0.3, 0.4) is 0 Å². The first-order valence-electron chi connectivity index (χ1n) is 3.60. The molecule has 0 aromatic heterocycles. The van der Waals surface area contributed by atoms with Gasteiger partial charge in [-0.25, -0.2) is 13.1 Å². The van der Waals surface area contributed by atoms with E-state index < -0.39 is 10.0 Å². The van der Waals surface area contributed by atoms with E-state index in [1.54, 1.807) is 0 Å². The molecule has 0 heterocycles. The minimum atomic E-state index is -3.07. The fraction of sp³-hybridized carbons (Fsp3) is 1.00. The first kappa shape index (κ1) is 9.29. The van der Waals surface area contributed by atoms with E-state index in [0.29, 0.717) is 0 Å². The quantitative estimate of drug-likeness (QED) is 0.663. The number of alkyl halides is 1. The van der Waals surface area contributed by atoms with Crippen molar-refractivity contribution in [2.24, 2.45) is 0 Å². The van der Waals surface area contributed by atoms with E-state index in [1.807, 2.05) is 0 Å². The second-order valence-electron chi connectivity index (χ2n) is 2.94. The molecule has 1 fully saturated rings. The van der Waals surface area contributed by atoms with E-state index in [4.69, 9.17) is 11.6 Å². The second-order valence-corrected chi connectivity index (χ2v) is 5.28. The summed E-state index contributed by atoms with van der Waals surface area (Å²) in [6.07, 6.45) is 3.95. The number of hydrogen-bond donors (Lipinski definition) is 1. The van der Waals surface area contributed by atoms with Crippen molar-refractivity contribution in [3.05, 3.63) is 0 Å². The van der Waals surface area contributed by atoms with E-state index in [2.05, 4.69) is 4.72 Å². The van der Waals surface area contributed by atoms with Gasteiger partial charge in [0.05, 0.1) is 6.26 Å². The standard InChI is InChI=1S/C6H12ClNO2S/c1-11(9,10)8-6-4-2-3-5(6)7/h5-6,8H,2-4H2,1H3. The normalized spacial score (nSPS) is 32.5. The summed E-state index contributed by atoms with van der Waals surface area (Å²) in [7, 11) is -3.07. The molecule has 3 nitrogen and oxygen atoms in total. The lowest BCUT2D eigenvalue weighted by atomic mass is 10.3. The predicted molar refractivity (Wildman–Crippen MR) is 45.3 cm³/mol. The monoisotopic (exact) mass is 197 g/mol. The number of halogens is 1. The van der Waals surface area contributed by atoms with Crippen molar-refractivity contribution in [1.29, 1.82) is 0 Å². The minimum absolute atomic E-state index is 0.0234. The van der Waals surface area contributed by atoms with E-state index in [1.165, 1.54) is 0 Å². The van der Waals surface area contributed by atoms with Crippen molar-refractivity contribution in [3.63, 3.8) is 0 Å². The fourth-order valence-corrected chi connectivity index (χ4v) is 2.57. The van der Waals surface area contributed by atoms with Crippen molar-refractivity contribution in [2.75, 3.05) is 6.26 Å². The summed E-state index contributed by atoms with van der Waals surface area (Å²) < 4.78 is 24.0. The summed E-state index contributed by atoms with van der Waals surface area (Å²) in [5.74, 6) is 0. The van der Waals surface area contributed by atoms with E-state index in [9.17, 15) is 8.42 Å². The van der Waals surface area contributed by atoms with Crippen LogP contribution >= 0.6 is 11.6 Å². The average Bonchev–Trinajstić information content (AvgIpc) is 2.12. The van der Waals surface area contributed by atoms with Gasteiger partial charge in [0.2, 0.25) is 10.0 Å². The van der Waals surface area contributed by atoms with E-state index >= 15 is 0 Å². The maximum absolute atomic E-state index is 10.8. The molecule has 2 unspecified atom stereocenters. The Bertz CT molecular complexity index is 227. The molecule has 0 aliphatic heterocycles. The van der Waals surface area contributed by atoms with Crippen LogP contribution in [0.1, 0.15) is 19.3 Å². The van der Waals surface area contributed by atoms with Gasteiger partial charge >= 0.3 is 0 Å². The molecule has 0 saturated heterocycles.